The highest BCUT2D eigenvalue weighted by molar-refractivity contribution is 7.99. The van der Waals surface area contributed by atoms with E-state index in [2.05, 4.69) is 4.98 Å². The van der Waals surface area contributed by atoms with Gasteiger partial charge < -0.3 is 4.74 Å². The molecular weight excluding hydrogens is 248 g/mol. The van der Waals surface area contributed by atoms with Crippen LogP contribution in [-0.4, -0.2) is 34.1 Å². The first-order valence-electron chi connectivity index (χ1n) is 6.05. The summed E-state index contributed by atoms with van der Waals surface area (Å²) in [5.74, 6) is 0. The van der Waals surface area contributed by atoms with E-state index >= 15 is 0 Å². The Labute approximate surface area is 109 Å². The van der Waals surface area contributed by atoms with E-state index in [1.807, 2.05) is 28.8 Å². The molecule has 0 aromatic carbocycles. The van der Waals surface area contributed by atoms with Gasteiger partial charge in [0.15, 0.2) is 6.29 Å². The van der Waals surface area contributed by atoms with Crippen LogP contribution in [-0.2, 0) is 4.74 Å². The van der Waals surface area contributed by atoms with Crippen LogP contribution in [0.25, 0.3) is 5.65 Å². The number of nitrogens with zero attached hydrogens (tertiary/aromatic N) is 2. The maximum Gasteiger partial charge on any atom is 0.169 e. The number of hydrogen-bond donors (Lipinski definition) is 0. The number of pyridine rings is 1. The molecular formula is C13H14N2O2S. The van der Waals surface area contributed by atoms with Gasteiger partial charge in [0.1, 0.15) is 16.4 Å². The number of hydrogen-bond acceptors (Lipinski definition) is 4. The van der Waals surface area contributed by atoms with Crippen LogP contribution in [0.5, 0.6) is 0 Å². The van der Waals surface area contributed by atoms with Gasteiger partial charge in [-0.3, -0.25) is 9.20 Å². The standard InChI is InChI=1S/C13H14N2O2S/c16-9-11-13(18-10-4-7-17-8-5-10)14-12-3-1-2-6-15(11)12/h1-3,6,9-10H,4-5,7-8H2. The van der Waals surface area contributed by atoms with E-state index in [-0.39, 0.29) is 0 Å². The van der Waals surface area contributed by atoms with Crippen LogP contribution in [0.15, 0.2) is 29.4 Å². The molecule has 0 atom stereocenters. The monoisotopic (exact) mass is 262 g/mol. The molecule has 0 unspecified atom stereocenters. The van der Waals surface area contributed by atoms with Gasteiger partial charge in [-0.25, -0.2) is 4.98 Å². The highest BCUT2D eigenvalue weighted by Crippen LogP contribution is 2.31. The molecule has 0 bridgehead atoms. The number of imidazole rings is 1. The number of ether oxygens (including phenoxy) is 1. The zero-order chi connectivity index (χ0) is 12.4. The lowest BCUT2D eigenvalue weighted by Gasteiger charge is -2.20. The van der Waals surface area contributed by atoms with Crippen LogP contribution < -0.4 is 0 Å². The van der Waals surface area contributed by atoms with Gasteiger partial charge in [0.25, 0.3) is 0 Å². The van der Waals surface area contributed by atoms with Gasteiger partial charge >= 0.3 is 0 Å². The van der Waals surface area contributed by atoms with Crippen LogP contribution in [0.2, 0.25) is 0 Å². The maximum absolute atomic E-state index is 11.2. The Morgan fingerprint density at radius 3 is 3.00 bits per heavy atom. The molecule has 2 aromatic heterocycles. The quantitative estimate of drug-likeness (QED) is 0.797. The van der Waals surface area contributed by atoms with Crippen LogP contribution in [0.1, 0.15) is 23.3 Å². The normalized spacial score (nSPS) is 17.1. The smallest absolute Gasteiger partial charge is 0.169 e. The average Bonchev–Trinajstić information content (AvgIpc) is 2.77. The molecule has 0 spiro atoms. The first kappa shape index (κ1) is 11.7. The third-order valence-corrected chi connectivity index (χ3v) is 4.42. The Kier molecular flexibility index (Phi) is 3.34. The summed E-state index contributed by atoms with van der Waals surface area (Å²) in [6.07, 6.45) is 4.81. The third kappa shape index (κ3) is 2.15. The van der Waals surface area contributed by atoms with E-state index in [4.69, 9.17) is 4.74 Å². The number of carbonyl (C=O) groups is 1. The summed E-state index contributed by atoms with van der Waals surface area (Å²) in [6, 6.07) is 5.76. The first-order valence-corrected chi connectivity index (χ1v) is 6.93. The molecule has 94 valence electrons. The topological polar surface area (TPSA) is 43.6 Å². The SMILES string of the molecule is O=Cc1c(SC2CCOCC2)nc2ccccn12. The zero-order valence-electron chi connectivity index (χ0n) is 9.91. The molecule has 2 aromatic rings. The molecule has 0 radical (unpaired) electrons. The summed E-state index contributed by atoms with van der Waals surface area (Å²) in [6.45, 7) is 1.61. The average molecular weight is 262 g/mol. The van der Waals surface area contributed by atoms with Crippen molar-refractivity contribution in [1.29, 1.82) is 0 Å². The predicted molar refractivity (Wildman–Crippen MR) is 70.3 cm³/mol. The summed E-state index contributed by atoms with van der Waals surface area (Å²) < 4.78 is 7.19. The molecule has 1 aliphatic heterocycles. The van der Waals surface area contributed by atoms with Gasteiger partial charge in [0.2, 0.25) is 0 Å². The summed E-state index contributed by atoms with van der Waals surface area (Å²) in [5, 5.41) is 1.34. The van der Waals surface area contributed by atoms with Crippen molar-refractivity contribution in [3.05, 3.63) is 30.1 Å². The molecule has 1 aliphatic rings. The summed E-state index contributed by atoms with van der Waals surface area (Å²) in [7, 11) is 0. The molecule has 5 heteroatoms. The Hall–Kier alpha value is -1.33. The Morgan fingerprint density at radius 2 is 2.22 bits per heavy atom. The van der Waals surface area contributed by atoms with Crippen molar-refractivity contribution in [1.82, 2.24) is 9.38 Å². The minimum atomic E-state index is 0.502. The van der Waals surface area contributed by atoms with E-state index in [0.29, 0.717) is 10.9 Å². The van der Waals surface area contributed by atoms with Gasteiger partial charge in [-0.05, 0) is 25.0 Å². The van der Waals surface area contributed by atoms with E-state index in [0.717, 1.165) is 43.0 Å². The molecule has 18 heavy (non-hydrogen) atoms. The molecule has 0 saturated carbocycles. The fourth-order valence-corrected chi connectivity index (χ4v) is 3.30. The molecule has 4 nitrogen and oxygen atoms in total. The second-order valence-corrected chi connectivity index (χ2v) is 5.57. The molecule has 3 rings (SSSR count). The van der Waals surface area contributed by atoms with E-state index in [1.54, 1.807) is 11.8 Å². The minimum absolute atomic E-state index is 0.502. The molecule has 1 fully saturated rings. The summed E-state index contributed by atoms with van der Waals surface area (Å²) in [5.41, 5.74) is 1.48. The third-order valence-electron chi connectivity index (χ3n) is 3.09. The van der Waals surface area contributed by atoms with Crippen molar-refractivity contribution in [2.24, 2.45) is 0 Å². The van der Waals surface area contributed by atoms with Crippen molar-refractivity contribution >= 4 is 23.7 Å². The molecule has 0 amide bonds. The predicted octanol–water partition coefficient (Wildman–Crippen LogP) is 2.42. The number of fused-ring (bicyclic) bond motifs is 1. The first-order chi connectivity index (χ1) is 8.88. The number of carbonyl (C=O) groups excluding carboxylic acids is 1. The minimum Gasteiger partial charge on any atom is -0.381 e. The van der Waals surface area contributed by atoms with Crippen molar-refractivity contribution in [3.63, 3.8) is 0 Å². The Morgan fingerprint density at radius 1 is 1.39 bits per heavy atom. The number of aromatic nitrogens is 2. The molecule has 1 saturated heterocycles. The van der Waals surface area contributed by atoms with Crippen molar-refractivity contribution < 1.29 is 9.53 Å². The zero-order valence-corrected chi connectivity index (χ0v) is 10.7. The number of aldehydes is 1. The van der Waals surface area contributed by atoms with Crippen LogP contribution in [0, 0.1) is 0 Å². The van der Waals surface area contributed by atoms with Gasteiger partial charge in [-0.1, -0.05) is 6.07 Å². The molecule has 0 N–H and O–H groups in total. The second kappa shape index (κ2) is 5.12. The number of thioether (sulfide) groups is 1. The Bertz CT molecular complexity index is 561. The molecule has 3 heterocycles. The van der Waals surface area contributed by atoms with Crippen molar-refractivity contribution in [3.8, 4) is 0 Å². The van der Waals surface area contributed by atoms with Gasteiger partial charge in [-0.15, -0.1) is 11.8 Å². The highest BCUT2D eigenvalue weighted by atomic mass is 32.2. The lowest BCUT2D eigenvalue weighted by molar-refractivity contribution is 0.1000. The van der Waals surface area contributed by atoms with Crippen LogP contribution in [0.3, 0.4) is 0 Å². The second-order valence-electron chi connectivity index (χ2n) is 4.28. The van der Waals surface area contributed by atoms with E-state index in [9.17, 15) is 4.79 Å². The van der Waals surface area contributed by atoms with E-state index in [1.165, 1.54) is 0 Å². The lowest BCUT2D eigenvalue weighted by Crippen LogP contribution is -2.17. The van der Waals surface area contributed by atoms with E-state index < -0.39 is 0 Å². The summed E-state index contributed by atoms with van der Waals surface area (Å²) in [4.78, 5) is 15.8. The summed E-state index contributed by atoms with van der Waals surface area (Å²) >= 11 is 1.70. The molecule has 0 aliphatic carbocycles. The lowest BCUT2D eigenvalue weighted by atomic mass is 10.2. The van der Waals surface area contributed by atoms with Crippen molar-refractivity contribution in [2.45, 2.75) is 23.1 Å². The number of rotatable bonds is 3. The van der Waals surface area contributed by atoms with Crippen LogP contribution in [0.4, 0.5) is 0 Å². The largest absolute Gasteiger partial charge is 0.381 e. The van der Waals surface area contributed by atoms with Crippen LogP contribution >= 0.6 is 11.8 Å². The highest BCUT2D eigenvalue weighted by Gasteiger charge is 2.19. The van der Waals surface area contributed by atoms with Gasteiger partial charge in [0.05, 0.1) is 0 Å². The maximum atomic E-state index is 11.2. The van der Waals surface area contributed by atoms with Crippen molar-refractivity contribution in [2.75, 3.05) is 13.2 Å². The fourth-order valence-electron chi connectivity index (χ4n) is 2.14. The Balaban J connectivity index is 1.92. The fraction of sp³-hybridized carbons (Fsp3) is 0.385. The van der Waals surface area contributed by atoms with Gasteiger partial charge in [-0.2, -0.15) is 0 Å². The van der Waals surface area contributed by atoms with Gasteiger partial charge in [0, 0.05) is 24.7 Å².